The molecule has 0 spiro atoms. The first-order valence-electron chi connectivity index (χ1n) is 12.3. The lowest BCUT2D eigenvalue weighted by Crippen LogP contribution is -2.50. The maximum absolute atomic E-state index is 14.0. The fourth-order valence-electron chi connectivity index (χ4n) is 4.87. The van der Waals surface area contributed by atoms with Crippen molar-refractivity contribution in [2.75, 3.05) is 18.0 Å². The van der Waals surface area contributed by atoms with Crippen molar-refractivity contribution >= 4 is 17.6 Å². The predicted molar refractivity (Wildman–Crippen MR) is 134 cm³/mol. The highest BCUT2D eigenvalue weighted by Gasteiger charge is 2.39. The van der Waals surface area contributed by atoms with Gasteiger partial charge in [0.15, 0.2) is 0 Å². The van der Waals surface area contributed by atoms with E-state index in [2.05, 4.69) is 54.2 Å². The number of fused-ring (bicyclic) bond motifs is 3. The van der Waals surface area contributed by atoms with Gasteiger partial charge in [0.2, 0.25) is 5.91 Å². The quantitative estimate of drug-likeness (QED) is 0.497. The molecular weight excluding hydrogens is 424 g/mol. The van der Waals surface area contributed by atoms with E-state index in [0.29, 0.717) is 6.54 Å². The molecule has 1 fully saturated rings. The molecule has 2 aliphatic rings. The van der Waals surface area contributed by atoms with Crippen LogP contribution in [0.3, 0.4) is 0 Å². The third kappa shape index (κ3) is 4.20. The van der Waals surface area contributed by atoms with Crippen LogP contribution in [0.25, 0.3) is 5.69 Å². The molecule has 6 heteroatoms. The van der Waals surface area contributed by atoms with Gasteiger partial charge in [0.25, 0.3) is 0 Å². The summed E-state index contributed by atoms with van der Waals surface area (Å²) in [5.41, 5.74) is 5.10. The van der Waals surface area contributed by atoms with E-state index < -0.39 is 0 Å². The third-order valence-electron chi connectivity index (χ3n) is 6.71. The summed E-state index contributed by atoms with van der Waals surface area (Å²) < 4.78 is 2.17. The number of rotatable bonds is 7. The maximum atomic E-state index is 14.0. The number of hydrogen-bond donors (Lipinski definition) is 1. The number of carbonyl (C=O) groups is 2. The Hall–Kier alpha value is -3.54. The Morgan fingerprint density at radius 3 is 2.56 bits per heavy atom. The van der Waals surface area contributed by atoms with Crippen LogP contribution in [0.15, 0.2) is 66.9 Å². The normalized spacial score (nSPS) is 16.5. The van der Waals surface area contributed by atoms with Gasteiger partial charge in [0.1, 0.15) is 12.6 Å². The Morgan fingerprint density at radius 1 is 1.03 bits per heavy atom. The molecule has 1 atom stereocenters. The van der Waals surface area contributed by atoms with E-state index in [1.807, 2.05) is 41.3 Å². The van der Waals surface area contributed by atoms with E-state index in [1.165, 1.54) is 0 Å². The van der Waals surface area contributed by atoms with Crippen molar-refractivity contribution < 1.29 is 9.59 Å². The molecule has 1 aromatic heterocycles. The lowest BCUT2D eigenvalue weighted by atomic mass is 9.96. The van der Waals surface area contributed by atoms with Crippen molar-refractivity contribution in [3.63, 3.8) is 0 Å². The highest BCUT2D eigenvalue weighted by Crippen LogP contribution is 2.42. The molecule has 0 saturated heterocycles. The molecule has 2 aromatic carbocycles. The zero-order chi connectivity index (χ0) is 23.7. The van der Waals surface area contributed by atoms with Crippen LogP contribution in [0.2, 0.25) is 0 Å². The lowest BCUT2D eigenvalue weighted by molar-refractivity contribution is -0.119. The van der Waals surface area contributed by atoms with Gasteiger partial charge in [-0.1, -0.05) is 55.3 Å². The smallest absolute Gasteiger partial charge is 0.318 e. The number of benzene rings is 2. The summed E-state index contributed by atoms with van der Waals surface area (Å²) in [7, 11) is 0. The molecule has 2 heterocycles. The second kappa shape index (κ2) is 9.37. The molecule has 176 valence electrons. The van der Waals surface area contributed by atoms with Gasteiger partial charge in [0, 0.05) is 18.8 Å². The Balaban J connectivity index is 1.52. The summed E-state index contributed by atoms with van der Waals surface area (Å²) in [6.07, 6.45) is 5.91. The zero-order valence-electron chi connectivity index (χ0n) is 19.9. The number of nitrogens with one attached hydrogen (secondary N) is 1. The first-order valence-corrected chi connectivity index (χ1v) is 12.3. The molecule has 3 aromatic rings. The highest BCUT2D eigenvalue weighted by molar-refractivity contribution is 6.00. The van der Waals surface area contributed by atoms with Crippen LogP contribution in [-0.2, 0) is 4.79 Å². The van der Waals surface area contributed by atoms with Crippen molar-refractivity contribution in [3.8, 4) is 5.69 Å². The molecule has 1 aliphatic carbocycles. The number of amides is 3. The summed E-state index contributed by atoms with van der Waals surface area (Å²) in [6, 6.07) is 20.2. The van der Waals surface area contributed by atoms with E-state index in [9.17, 15) is 9.59 Å². The Bertz CT molecular complexity index is 1200. The van der Waals surface area contributed by atoms with E-state index in [-0.39, 0.29) is 30.6 Å². The number of urea groups is 1. The number of hydrogen-bond acceptors (Lipinski definition) is 2. The van der Waals surface area contributed by atoms with Gasteiger partial charge in [0.05, 0.1) is 17.1 Å². The standard InChI is InChI=1S/C28H32N4O2/c1-3-4-16-29-28(34)31(22-14-15-22)19-26(33)32-24-12-6-5-11-23(24)30-17-8-13-25(30)27(32)21-10-7-9-20(2)18-21/h5-13,17-18,22,27H,3-4,14-16,19H2,1-2H3,(H,29,34). The number of anilines is 1. The van der Waals surface area contributed by atoms with Crippen molar-refractivity contribution in [1.29, 1.82) is 0 Å². The summed E-state index contributed by atoms with van der Waals surface area (Å²) in [5.74, 6) is -0.0658. The second-order valence-corrected chi connectivity index (χ2v) is 9.32. The van der Waals surface area contributed by atoms with Gasteiger partial charge >= 0.3 is 6.03 Å². The van der Waals surface area contributed by atoms with Crippen LogP contribution < -0.4 is 10.2 Å². The molecular formula is C28H32N4O2. The van der Waals surface area contributed by atoms with Crippen LogP contribution in [0.4, 0.5) is 10.5 Å². The van der Waals surface area contributed by atoms with E-state index in [1.54, 1.807) is 4.90 Å². The Kier molecular flexibility index (Phi) is 6.14. The summed E-state index contributed by atoms with van der Waals surface area (Å²) in [4.78, 5) is 30.6. The van der Waals surface area contributed by atoms with Crippen molar-refractivity contribution in [2.24, 2.45) is 0 Å². The van der Waals surface area contributed by atoms with Gasteiger partial charge < -0.3 is 14.8 Å². The minimum absolute atomic E-state index is 0.0658. The van der Waals surface area contributed by atoms with Gasteiger partial charge in [-0.3, -0.25) is 9.69 Å². The molecule has 34 heavy (non-hydrogen) atoms. The number of para-hydroxylation sites is 2. The zero-order valence-corrected chi connectivity index (χ0v) is 19.9. The number of aryl methyl sites for hydroxylation is 1. The molecule has 5 rings (SSSR count). The summed E-state index contributed by atoms with van der Waals surface area (Å²) in [5, 5.41) is 3.01. The highest BCUT2D eigenvalue weighted by atomic mass is 16.2. The van der Waals surface area contributed by atoms with Crippen LogP contribution in [0.5, 0.6) is 0 Å². The lowest BCUT2D eigenvalue weighted by Gasteiger charge is -2.39. The maximum Gasteiger partial charge on any atom is 0.318 e. The fraction of sp³-hybridized carbons (Fsp3) is 0.357. The average molecular weight is 457 g/mol. The van der Waals surface area contributed by atoms with E-state index in [0.717, 1.165) is 53.9 Å². The summed E-state index contributed by atoms with van der Waals surface area (Å²) in [6.45, 7) is 4.88. The molecule has 0 bridgehead atoms. The molecule has 6 nitrogen and oxygen atoms in total. The van der Waals surface area contributed by atoms with Crippen LogP contribution in [-0.4, -0.2) is 40.5 Å². The monoisotopic (exact) mass is 456 g/mol. The number of nitrogens with zero attached hydrogens (tertiary/aromatic N) is 3. The molecule has 1 aliphatic heterocycles. The molecule has 0 radical (unpaired) electrons. The van der Waals surface area contributed by atoms with Crippen LogP contribution >= 0.6 is 0 Å². The van der Waals surface area contributed by atoms with Crippen molar-refractivity contribution in [3.05, 3.63) is 83.7 Å². The third-order valence-corrected chi connectivity index (χ3v) is 6.71. The fourth-order valence-corrected chi connectivity index (χ4v) is 4.87. The minimum Gasteiger partial charge on any atom is -0.338 e. The molecule has 1 saturated carbocycles. The van der Waals surface area contributed by atoms with Crippen molar-refractivity contribution in [1.82, 2.24) is 14.8 Å². The average Bonchev–Trinajstić information content (AvgIpc) is 3.56. The summed E-state index contributed by atoms with van der Waals surface area (Å²) >= 11 is 0. The van der Waals surface area contributed by atoms with Gasteiger partial charge in [-0.2, -0.15) is 0 Å². The Labute approximate surface area is 201 Å². The van der Waals surface area contributed by atoms with E-state index in [4.69, 9.17) is 0 Å². The molecule has 3 amide bonds. The van der Waals surface area contributed by atoms with Crippen LogP contribution in [0.1, 0.15) is 55.5 Å². The topological polar surface area (TPSA) is 57.6 Å². The molecule has 1 unspecified atom stereocenters. The van der Waals surface area contributed by atoms with Crippen molar-refractivity contribution in [2.45, 2.75) is 51.6 Å². The van der Waals surface area contributed by atoms with Gasteiger partial charge in [-0.15, -0.1) is 0 Å². The first-order chi connectivity index (χ1) is 16.6. The number of aromatic nitrogens is 1. The second-order valence-electron chi connectivity index (χ2n) is 9.32. The minimum atomic E-state index is -0.262. The van der Waals surface area contributed by atoms with E-state index >= 15 is 0 Å². The SMILES string of the molecule is CCCCNC(=O)N(CC(=O)N1c2ccccc2-n2cccc2C1c1cccc(C)c1)C1CC1. The Morgan fingerprint density at radius 2 is 1.82 bits per heavy atom. The van der Waals surface area contributed by atoms with Gasteiger partial charge in [-0.25, -0.2) is 4.79 Å². The molecule has 1 N–H and O–H groups in total. The number of carbonyl (C=O) groups excluding carboxylic acids is 2. The largest absolute Gasteiger partial charge is 0.338 e. The van der Waals surface area contributed by atoms with Gasteiger partial charge in [-0.05, 0) is 56.0 Å². The van der Waals surface area contributed by atoms with Crippen LogP contribution in [0, 0.1) is 6.92 Å². The first kappa shape index (κ1) is 22.3. The predicted octanol–water partition coefficient (Wildman–Crippen LogP) is 5.20. The number of unbranched alkanes of at least 4 members (excludes halogenated alkanes) is 1.